The van der Waals surface area contributed by atoms with E-state index in [1.165, 1.54) is 5.56 Å². The average Bonchev–Trinajstić information content (AvgIpc) is 3.10. The number of methoxy groups -OCH3 is 2. The van der Waals surface area contributed by atoms with Crippen LogP contribution in [0.2, 0.25) is 0 Å². The SMILES string of the molecule is COc1ccc(CC[NH2+][C@H]2c3ccccc3C(=O)N2[C@H](C)c2ccccc2)cc1OC. The molecule has 1 aliphatic heterocycles. The topological polar surface area (TPSA) is 55.4 Å². The Balaban J connectivity index is 1.54. The normalized spacial score (nSPS) is 16.2. The number of rotatable bonds is 8. The number of nitrogens with two attached hydrogens (primary N) is 1. The van der Waals surface area contributed by atoms with Gasteiger partial charge >= 0.3 is 0 Å². The third kappa shape index (κ3) is 4.14. The van der Waals surface area contributed by atoms with E-state index in [2.05, 4.69) is 36.5 Å². The zero-order valence-corrected chi connectivity index (χ0v) is 18.2. The van der Waals surface area contributed by atoms with Crippen molar-refractivity contribution in [2.75, 3.05) is 20.8 Å². The molecule has 0 bridgehead atoms. The summed E-state index contributed by atoms with van der Waals surface area (Å²) in [7, 11) is 3.29. The van der Waals surface area contributed by atoms with E-state index in [1.807, 2.05) is 53.4 Å². The van der Waals surface area contributed by atoms with Crippen LogP contribution >= 0.6 is 0 Å². The van der Waals surface area contributed by atoms with Crippen LogP contribution in [0, 0.1) is 0 Å². The van der Waals surface area contributed by atoms with Crippen molar-refractivity contribution in [3.8, 4) is 11.5 Å². The summed E-state index contributed by atoms with van der Waals surface area (Å²) in [5.41, 5.74) is 4.20. The standard InChI is InChI=1S/C26H28N2O3/c1-18(20-9-5-4-6-10-20)28-25(21-11-7-8-12-22(21)26(28)29)27-16-15-19-13-14-23(30-2)24(17-19)31-3/h4-14,17-18,25,27H,15-16H2,1-3H3/p+1/t18-,25-/m1/s1. The number of carbonyl (C=O) groups is 1. The second-order valence-corrected chi connectivity index (χ2v) is 7.79. The summed E-state index contributed by atoms with van der Waals surface area (Å²) in [6, 6.07) is 24.2. The summed E-state index contributed by atoms with van der Waals surface area (Å²) in [4.78, 5) is 15.3. The predicted molar refractivity (Wildman–Crippen MR) is 120 cm³/mol. The maximum Gasteiger partial charge on any atom is 0.259 e. The first-order valence-corrected chi connectivity index (χ1v) is 10.6. The first-order chi connectivity index (χ1) is 15.1. The molecule has 31 heavy (non-hydrogen) atoms. The molecule has 2 atom stereocenters. The van der Waals surface area contributed by atoms with Crippen LogP contribution in [0.5, 0.6) is 11.5 Å². The molecule has 0 saturated heterocycles. The number of hydrogen-bond acceptors (Lipinski definition) is 3. The Bertz CT molecular complexity index is 1050. The Morgan fingerprint density at radius 3 is 2.39 bits per heavy atom. The molecular formula is C26H29N2O3+. The lowest BCUT2D eigenvalue weighted by Gasteiger charge is -2.29. The van der Waals surface area contributed by atoms with Gasteiger partial charge in [0, 0.05) is 12.0 Å². The van der Waals surface area contributed by atoms with Gasteiger partial charge in [0.05, 0.1) is 32.4 Å². The summed E-state index contributed by atoms with van der Waals surface area (Å²) in [6.07, 6.45) is 0.819. The molecule has 3 aromatic carbocycles. The van der Waals surface area contributed by atoms with Crippen molar-refractivity contribution in [3.05, 3.63) is 95.1 Å². The van der Waals surface area contributed by atoms with Crippen molar-refractivity contribution in [2.24, 2.45) is 0 Å². The molecule has 0 fully saturated rings. The Labute approximate surface area is 183 Å². The van der Waals surface area contributed by atoms with E-state index in [9.17, 15) is 4.79 Å². The summed E-state index contributed by atoms with van der Waals surface area (Å²) in [5.74, 6) is 1.56. The number of fused-ring (bicyclic) bond motifs is 1. The Morgan fingerprint density at radius 1 is 0.935 bits per heavy atom. The predicted octanol–water partition coefficient (Wildman–Crippen LogP) is 3.73. The number of hydrogen-bond donors (Lipinski definition) is 1. The van der Waals surface area contributed by atoms with Gasteiger partial charge in [0.2, 0.25) is 0 Å². The highest BCUT2D eigenvalue weighted by atomic mass is 16.5. The van der Waals surface area contributed by atoms with Crippen LogP contribution in [0.4, 0.5) is 0 Å². The third-order valence-electron chi connectivity index (χ3n) is 6.01. The largest absolute Gasteiger partial charge is 0.493 e. The molecule has 0 unspecified atom stereocenters. The number of ether oxygens (including phenoxy) is 2. The summed E-state index contributed by atoms with van der Waals surface area (Å²) in [5, 5.41) is 2.26. The van der Waals surface area contributed by atoms with E-state index in [0.717, 1.165) is 41.2 Å². The van der Waals surface area contributed by atoms with E-state index >= 15 is 0 Å². The molecule has 2 N–H and O–H groups in total. The van der Waals surface area contributed by atoms with Crippen molar-refractivity contribution in [2.45, 2.75) is 25.6 Å². The van der Waals surface area contributed by atoms with Gasteiger partial charge in [-0.25, -0.2) is 0 Å². The quantitative estimate of drug-likeness (QED) is 0.608. The smallest absolute Gasteiger partial charge is 0.259 e. The molecule has 5 heteroatoms. The molecule has 0 aromatic heterocycles. The molecular weight excluding hydrogens is 388 g/mol. The summed E-state index contributed by atoms with van der Waals surface area (Å²) in [6.45, 7) is 2.95. The zero-order chi connectivity index (χ0) is 21.8. The van der Waals surface area contributed by atoms with Gasteiger partial charge in [-0.2, -0.15) is 0 Å². The number of benzene rings is 3. The number of nitrogens with zero attached hydrogens (tertiary/aromatic N) is 1. The highest BCUT2D eigenvalue weighted by molar-refractivity contribution is 5.99. The highest BCUT2D eigenvalue weighted by Crippen LogP contribution is 2.36. The first-order valence-electron chi connectivity index (χ1n) is 10.6. The number of amides is 1. The molecule has 3 aromatic rings. The second-order valence-electron chi connectivity index (χ2n) is 7.79. The lowest BCUT2D eigenvalue weighted by molar-refractivity contribution is -0.712. The van der Waals surface area contributed by atoms with Gasteiger partial charge in [-0.15, -0.1) is 0 Å². The third-order valence-corrected chi connectivity index (χ3v) is 6.01. The lowest BCUT2D eigenvalue weighted by Crippen LogP contribution is -2.88. The lowest BCUT2D eigenvalue weighted by atomic mass is 10.1. The van der Waals surface area contributed by atoms with Crippen molar-refractivity contribution >= 4 is 5.91 Å². The van der Waals surface area contributed by atoms with Crippen LogP contribution in [-0.2, 0) is 6.42 Å². The van der Waals surface area contributed by atoms with E-state index in [0.29, 0.717) is 0 Å². The first kappa shape index (κ1) is 20.9. The maximum atomic E-state index is 13.3. The molecule has 0 aliphatic carbocycles. The van der Waals surface area contributed by atoms with Gasteiger partial charge in [-0.1, -0.05) is 54.6 Å². The van der Waals surface area contributed by atoms with Crippen LogP contribution < -0.4 is 14.8 Å². The summed E-state index contributed by atoms with van der Waals surface area (Å²) >= 11 is 0. The zero-order valence-electron chi connectivity index (χ0n) is 18.2. The van der Waals surface area contributed by atoms with Crippen LogP contribution in [0.15, 0.2) is 72.8 Å². The molecule has 4 rings (SSSR count). The van der Waals surface area contributed by atoms with E-state index in [-0.39, 0.29) is 18.1 Å². The van der Waals surface area contributed by atoms with Gasteiger partial charge < -0.3 is 14.8 Å². The molecule has 1 heterocycles. The Hall–Kier alpha value is -3.31. The highest BCUT2D eigenvalue weighted by Gasteiger charge is 2.41. The fraction of sp³-hybridized carbons (Fsp3) is 0.269. The van der Waals surface area contributed by atoms with Crippen LogP contribution in [0.3, 0.4) is 0 Å². The van der Waals surface area contributed by atoms with E-state index in [4.69, 9.17) is 9.47 Å². The Kier molecular flexibility index (Phi) is 6.23. The van der Waals surface area contributed by atoms with Crippen molar-refractivity contribution in [1.29, 1.82) is 0 Å². The molecule has 0 radical (unpaired) electrons. The molecule has 160 valence electrons. The molecule has 0 spiro atoms. The fourth-order valence-corrected chi connectivity index (χ4v) is 4.36. The molecule has 0 saturated carbocycles. The van der Waals surface area contributed by atoms with Gasteiger partial charge in [0.25, 0.3) is 5.91 Å². The van der Waals surface area contributed by atoms with Gasteiger partial charge in [0.1, 0.15) is 0 Å². The fourth-order valence-electron chi connectivity index (χ4n) is 4.36. The van der Waals surface area contributed by atoms with Crippen LogP contribution in [-0.4, -0.2) is 31.6 Å². The Morgan fingerprint density at radius 2 is 1.65 bits per heavy atom. The molecule has 5 nitrogen and oxygen atoms in total. The minimum atomic E-state index is -0.0425. The number of carbonyl (C=O) groups excluding carboxylic acids is 1. The van der Waals surface area contributed by atoms with Crippen molar-refractivity contribution in [3.63, 3.8) is 0 Å². The van der Waals surface area contributed by atoms with E-state index in [1.54, 1.807) is 14.2 Å². The minimum absolute atomic E-state index is 0.0107. The molecule has 1 aliphatic rings. The van der Waals surface area contributed by atoms with Crippen LogP contribution in [0.1, 0.15) is 46.2 Å². The summed E-state index contributed by atoms with van der Waals surface area (Å²) < 4.78 is 10.8. The van der Waals surface area contributed by atoms with Crippen LogP contribution in [0.25, 0.3) is 0 Å². The maximum absolute atomic E-state index is 13.3. The molecule has 1 amide bonds. The second kappa shape index (κ2) is 9.23. The minimum Gasteiger partial charge on any atom is -0.493 e. The van der Waals surface area contributed by atoms with Gasteiger partial charge in [-0.3, -0.25) is 9.69 Å². The van der Waals surface area contributed by atoms with E-state index < -0.39 is 0 Å². The monoisotopic (exact) mass is 417 g/mol. The average molecular weight is 418 g/mol. The van der Waals surface area contributed by atoms with Gasteiger partial charge in [0.15, 0.2) is 17.7 Å². The van der Waals surface area contributed by atoms with Crippen molar-refractivity contribution in [1.82, 2.24) is 4.90 Å². The van der Waals surface area contributed by atoms with Gasteiger partial charge in [-0.05, 0) is 36.2 Å². The number of quaternary nitrogens is 1. The van der Waals surface area contributed by atoms with Crippen molar-refractivity contribution < 1.29 is 19.6 Å².